The number of H-pyrrole nitrogens is 1. The van der Waals surface area contributed by atoms with E-state index in [0.29, 0.717) is 44.0 Å². The van der Waals surface area contributed by atoms with Crippen molar-refractivity contribution in [3.63, 3.8) is 0 Å². The predicted octanol–water partition coefficient (Wildman–Crippen LogP) is 4.39. The molecule has 1 aromatic heterocycles. The number of ketones is 1. The lowest BCUT2D eigenvalue weighted by Gasteiger charge is -2.36. The summed E-state index contributed by atoms with van der Waals surface area (Å²) in [5.74, 6) is -0.00927. The molecule has 1 N–H and O–H groups in total. The molecule has 0 atom stereocenters. The van der Waals surface area contributed by atoms with Crippen molar-refractivity contribution in [2.75, 3.05) is 57.3 Å². The summed E-state index contributed by atoms with van der Waals surface area (Å²) < 4.78 is 6.04. The third kappa shape index (κ3) is 6.05. The van der Waals surface area contributed by atoms with Crippen molar-refractivity contribution in [2.24, 2.45) is 0 Å². The molecule has 5 rings (SSSR count). The molecule has 7 nitrogen and oxygen atoms in total. The van der Waals surface area contributed by atoms with E-state index in [1.165, 1.54) is 32.4 Å². The molecule has 3 aromatic rings. The fraction of sp³-hybridized carbons (Fsp3) is 0.400. The van der Waals surface area contributed by atoms with E-state index in [1.54, 1.807) is 11.0 Å². The number of Topliss-reactive ketones (excluding diaryl/α,β-unsaturated/α-hetero) is 1. The van der Waals surface area contributed by atoms with E-state index in [0.717, 1.165) is 29.2 Å². The number of amides is 1. The van der Waals surface area contributed by atoms with E-state index in [9.17, 15) is 9.59 Å². The van der Waals surface area contributed by atoms with Crippen LogP contribution in [0.5, 0.6) is 5.75 Å². The van der Waals surface area contributed by atoms with E-state index in [4.69, 9.17) is 4.74 Å². The number of piperidine rings is 1. The number of hydrogen-bond donors (Lipinski definition) is 1. The molecule has 3 heterocycles. The lowest BCUT2D eigenvalue weighted by atomic mass is 10.1. The number of nitrogens with zero attached hydrogens (tertiary/aromatic N) is 3. The number of likely N-dealkylation sites (tertiary alicyclic amines) is 1. The monoisotopic (exact) mass is 500 g/mol. The minimum absolute atomic E-state index is 0.434. The highest BCUT2D eigenvalue weighted by Gasteiger charge is 2.29. The zero-order valence-corrected chi connectivity index (χ0v) is 21.6. The van der Waals surface area contributed by atoms with Crippen LogP contribution in [0.2, 0.25) is 0 Å². The van der Waals surface area contributed by atoms with Crippen molar-refractivity contribution in [1.29, 1.82) is 0 Å². The molecule has 0 saturated carbocycles. The van der Waals surface area contributed by atoms with Gasteiger partial charge in [0.25, 0.3) is 11.7 Å². The predicted molar refractivity (Wildman–Crippen MR) is 146 cm³/mol. The number of carbonyl (C=O) groups excluding carboxylic acids is 2. The van der Waals surface area contributed by atoms with Crippen LogP contribution >= 0.6 is 0 Å². The van der Waals surface area contributed by atoms with Gasteiger partial charge in [0.2, 0.25) is 0 Å². The summed E-state index contributed by atoms with van der Waals surface area (Å²) in [6.07, 6.45) is 3.91. The van der Waals surface area contributed by atoms with Gasteiger partial charge in [0.15, 0.2) is 0 Å². The van der Waals surface area contributed by atoms with Gasteiger partial charge < -0.3 is 19.5 Å². The van der Waals surface area contributed by atoms with Crippen LogP contribution < -0.4 is 9.64 Å². The van der Waals surface area contributed by atoms with E-state index in [2.05, 4.69) is 26.9 Å². The standard InChI is InChI=1S/C30H36N4O3/c1-23-27(22-28(31-23)24-9-4-2-5-10-24)29(35)30(36)34-17-15-33(16-18-34)25-11-8-12-26(21-25)37-20-19-32-13-6-3-7-14-32/h2,4-5,8-12,21-22,31H,3,6-7,13-20H2,1H3. The van der Waals surface area contributed by atoms with Crippen LogP contribution in [0.15, 0.2) is 60.7 Å². The Bertz CT molecular complexity index is 1210. The smallest absolute Gasteiger partial charge is 0.295 e. The molecule has 2 aliphatic heterocycles. The van der Waals surface area contributed by atoms with Gasteiger partial charge in [0.1, 0.15) is 12.4 Å². The number of carbonyl (C=O) groups is 2. The molecule has 0 unspecified atom stereocenters. The number of piperazine rings is 1. The minimum atomic E-state index is -0.450. The fourth-order valence-electron chi connectivity index (χ4n) is 5.24. The molecule has 7 heteroatoms. The maximum atomic E-state index is 13.1. The summed E-state index contributed by atoms with van der Waals surface area (Å²) in [7, 11) is 0. The summed E-state index contributed by atoms with van der Waals surface area (Å²) in [4.78, 5) is 35.8. The second-order valence-corrected chi connectivity index (χ2v) is 9.94. The largest absolute Gasteiger partial charge is 0.492 e. The van der Waals surface area contributed by atoms with Crippen molar-refractivity contribution >= 4 is 17.4 Å². The van der Waals surface area contributed by atoms with Crippen molar-refractivity contribution < 1.29 is 14.3 Å². The first-order valence-corrected chi connectivity index (χ1v) is 13.4. The number of ether oxygens (including phenoxy) is 1. The molecule has 2 fully saturated rings. The van der Waals surface area contributed by atoms with Crippen LogP contribution in [0.1, 0.15) is 35.3 Å². The number of benzene rings is 2. The van der Waals surface area contributed by atoms with Crippen LogP contribution in [0.25, 0.3) is 11.3 Å². The molecule has 37 heavy (non-hydrogen) atoms. The first kappa shape index (κ1) is 25.1. The zero-order chi connectivity index (χ0) is 25.6. The molecule has 0 bridgehead atoms. The van der Waals surface area contributed by atoms with Gasteiger partial charge in [-0.15, -0.1) is 0 Å². The highest BCUT2D eigenvalue weighted by atomic mass is 16.5. The average molecular weight is 501 g/mol. The number of aromatic amines is 1. The van der Waals surface area contributed by atoms with Gasteiger partial charge in [-0.25, -0.2) is 0 Å². The Hall–Kier alpha value is -3.58. The summed E-state index contributed by atoms with van der Waals surface area (Å²) in [5.41, 5.74) is 4.08. The lowest BCUT2D eigenvalue weighted by Crippen LogP contribution is -2.50. The summed E-state index contributed by atoms with van der Waals surface area (Å²) in [6, 6.07) is 19.8. The number of hydrogen-bond acceptors (Lipinski definition) is 5. The van der Waals surface area contributed by atoms with Crippen LogP contribution in [0.3, 0.4) is 0 Å². The average Bonchev–Trinajstić information content (AvgIpc) is 3.35. The van der Waals surface area contributed by atoms with Crippen LogP contribution in [-0.4, -0.2) is 78.9 Å². The highest BCUT2D eigenvalue weighted by Crippen LogP contribution is 2.24. The third-order valence-corrected chi connectivity index (χ3v) is 7.41. The van der Waals surface area contributed by atoms with Crippen molar-refractivity contribution in [2.45, 2.75) is 26.2 Å². The lowest BCUT2D eigenvalue weighted by molar-refractivity contribution is -0.126. The Morgan fingerprint density at radius 3 is 2.38 bits per heavy atom. The van der Waals surface area contributed by atoms with E-state index in [1.807, 2.05) is 49.4 Å². The number of aromatic nitrogens is 1. The van der Waals surface area contributed by atoms with E-state index >= 15 is 0 Å². The van der Waals surface area contributed by atoms with Gasteiger partial charge in [-0.2, -0.15) is 0 Å². The number of nitrogens with one attached hydrogen (secondary N) is 1. The van der Waals surface area contributed by atoms with Crippen molar-refractivity contribution in [1.82, 2.24) is 14.8 Å². The second kappa shape index (κ2) is 11.6. The maximum absolute atomic E-state index is 13.1. The second-order valence-electron chi connectivity index (χ2n) is 9.94. The maximum Gasteiger partial charge on any atom is 0.295 e. The fourth-order valence-corrected chi connectivity index (χ4v) is 5.24. The summed E-state index contributed by atoms with van der Waals surface area (Å²) in [6.45, 7) is 8.23. The Balaban J connectivity index is 1.14. The molecular formula is C30H36N4O3. The normalized spacial score (nSPS) is 16.6. The summed E-state index contributed by atoms with van der Waals surface area (Å²) >= 11 is 0. The Labute approximate surface area is 219 Å². The van der Waals surface area contributed by atoms with E-state index < -0.39 is 11.7 Å². The first-order valence-electron chi connectivity index (χ1n) is 13.4. The van der Waals surface area contributed by atoms with Crippen molar-refractivity contribution in [3.05, 3.63) is 71.9 Å². The Morgan fingerprint density at radius 2 is 1.62 bits per heavy atom. The number of anilines is 1. The highest BCUT2D eigenvalue weighted by molar-refractivity contribution is 6.43. The SMILES string of the molecule is Cc1[nH]c(-c2ccccc2)cc1C(=O)C(=O)N1CCN(c2cccc(OCCN3CCCCC3)c2)CC1. The topological polar surface area (TPSA) is 68.9 Å². The van der Waals surface area contributed by atoms with Crippen LogP contribution in [-0.2, 0) is 4.79 Å². The minimum Gasteiger partial charge on any atom is -0.492 e. The molecular weight excluding hydrogens is 464 g/mol. The molecule has 2 aliphatic rings. The van der Waals surface area contributed by atoms with Gasteiger partial charge in [-0.1, -0.05) is 42.8 Å². The molecule has 2 saturated heterocycles. The number of aryl methyl sites for hydroxylation is 1. The molecule has 0 spiro atoms. The van der Waals surface area contributed by atoms with Crippen LogP contribution in [0.4, 0.5) is 5.69 Å². The zero-order valence-electron chi connectivity index (χ0n) is 21.6. The Morgan fingerprint density at radius 1 is 0.865 bits per heavy atom. The number of rotatable bonds is 8. The molecule has 194 valence electrons. The molecule has 0 aliphatic carbocycles. The van der Waals surface area contributed by atoms with E-state index in [-0.39, 0.29) is 0 Å². The van der Waals surface area contributed by atoms with Gasteiger partial charge in [0.05, 0.1) is 0 Å². The van der Waals surface area contributed by atoms with Crippen molar-refractivity contribution in [3.8, 4) is 17.0 Å². The summed E-state index contributed by atoms with van der Waals surface area (Å²) in [5, 5.41) is 0. The molecule has 0 radical (unpaired) electrons. The molecule has 2 aromatic carbocycles. The van der Waals surface area contributed by atoms with Gasteiger partial charge >= 0.3 is 0 Å². The quantitative estimate of drug-likeness (QED) is 0.367. The van der Waals surface area contributed by atoms with Gasteiger partial charge in [-0.3, -0.25) is 14.5 Å². The van der Waals surface area contributed by atoms with Crippen LogP contribution in [0, 0.1) is 6.92 Å². The van der Waals surface area contributed by atoms with Gasteiger partial charge in [0, 0.05) is 61.4 Å². The first-order chi connectivity index (χ1) is 18.1. The third-order valence-electron chi connectivity index (χ3n) is 7.41. The van der Waals surface area contributed by atoms with Gasteiger partial charge in [-0.05, 0) is 56.6 Å². The molecule has 1 amide bonds. The Kier molecular flexibility index (Phi) is 7.90.